The van der Waals surface area contributed by atoms with Gasteiger partial charge in [-0.05, 0) is 50.2 Å². The first kappa shape index (κ1) is 14.5. The number of aryl methyl sites for hydroxylation is 2. The molecule has 1 aromatic rings. The monoisotopic (exact) mass is 281 g/mol. The normalized spacial score (nSPS) is 15.1. The SMILES string of the molecule is CCC(CC)(CO)NC(=O)c1cc2c(s1)CCCC2. The zero-order valence-electron chi connectivity index (χ0n) is 11.8. The van der Waals surface area contributed by atoms with E-state index in [1.807, 2.05) is 19.9 Å². The molecule has 0 spiro atoms. The van der Waals surface area contributed by atoms with Crippen LogP contribution in [0.15, 0.2) is 6.07 Å². The van der Waals surface area contributed by atoms with E-state index in [9.17, 15) is 9.90 Å². The van der Waals surface area contributed by atoms with Crippen LogP contribution in [0.5, 0.6) is 0 Å². The van der Waals surface area contributed by atoms with Crippen molar-refractivity contribution >= 4 is 17.2 Å². The number of hydrogen-bond acceptors (Lipinski definition) is 3. The summed E-state index contributed by atoms with van der Waals surface area (Å²) in [5.74, 6) is -0.0304. The molecule has 0 atom stereocenters. The molecule has 106 valence electrons. The molecule has 0 bridgehead atoms. The first-order valence-electron chi connectivity index (χ1n) is 7.19. The van der Waals surface area contributed by atoms with E-state index < -0.39 is 5.54 Å². The number of carbonyl (C=O) groups is 1. The predicted molar refractivity (Wildman–Crippen MR) is 78.8 cm³/mol. The molecule has 4 heteroatoms. The van der Waals surface area contributed by atoms with E-state index in [0.29, 0.717) is 0 Å². The topological polar surface area (TPSA) is 49.3 Å². The Labute approximate surface area is 119 Å². The van der Waals surface area contributed by atoms with E-state index in [1.165, 1.54) is 23.3 Å². The minimum absolute atomic E-state index is 0.00315. The smallest absolute Gasteiger partial charge is 0.261 e. The number of rotatable bonds is 5. The lowest BCUT2D eigenvalue weighted by Gasteiger charge is -2.30. The van der Waals surface area contributed by atoms with Crippen LogP contribution in [0.3, 0.4) is 0 Å². The van der Waals surface area contributed by atoms with Crippen LogP contribution in [0, 0.1) is 0 Å². The third-order valence-electron chi connectivity index (χ3n) is 4.26. The zero-order valence-corrected chi connectivity index (χ0v) is 12.6. The molecule has 0 radical (unpaired) electrons. The van der Waals surface area contributed by atoms with Crippen LogP contribution in [0.2, 0.25) is 0 Å². The first-order chi connectivity index (χ1) is 9.14. The van der Waals surface area contributed by atoms with Gasteiger partial charge >= 0.3 is 0 Å². The van der Waals surface area contributed by atoms with Gasteiger partial charge in [-0.1, -0.05) is 13.8 Å². The van der Waals surface area contributed by atoms with Gasteiger partial charge in [0.2, 0.25) is 0 Å². The van der Waals surface area contributed by atoms with Gasteiger partial charge in [0.05, 0.1) is 17.0 Å². The molecule has 2 N–H and O–H groups in total. The number of aliphatic hydroxyl groups excluding tert-OH is 1. The molecule has 2 rings (SSSR count). The average molecular weight is 281 g/mol. The van der Waals surface area contributed by atoms with Crippen molar-refractivity contribution < 1.29 is 9.90 Å². The van der Waals surface area contributed by atoms with Crippen molar-refractivity contribution in [1.29, 1.82) is 0 Å². The maximum absolute atomic E-state index is 12.3. The van der Waals surface area contributed by atoms with Gasteiger partial charge in [0.15, 0.2) is 0 Å². The Morgan fingerprint density at radius 1 is 1.37 bits per heavy atom. The van der Waals surface area contributed by atoms with Crippen molar-refractivity contribution in [2.75, 3.05) is 6.61 Å². The van der Waals surface area contributed by atoms with Gasteiger partial charge in [0.1, 0.15) is 0 Å². The Morgan fingerprint density at radius 3 is 2.63 bits per heavy atom. The molecule has 0 aliphatic heterocycles. The first-order valence-corrected chi connectivity index (χ1v) is 8.00. The van der Waals surface area contributed by atoms with Crippen LogP contribution in [-0.4, -0.2) is 23.2 Å². The van der Waals surface area contributed by atoms with E-state index >= 15 is 0 Å². The number of carbonyl (C=O) groups excluding carboxylic acids is 1. The Balaban J connectivity index is 2.13. The number of thiophene rings is 1. The summed E-state index contributed by atoms with van der Waals surface area (Å²) in [5.41, 5.74) is 0.880. The van der Waals surface area contributed by atoms with E-state index in [-0.39, 0.29) is 12.5 Å². The third-order valence-corrected chi connectivity index (χ3v) is 5.49. The number of hydrogen-bond donors (Lipinski definition) is 2. The van der Waals surface area contributed by atoms with Crippen LogP contribution in [-0.2, 0) is 12.8 Å². The summed E-state index contributed by atoms with van der Waals surface area (Å²) in [4.78, 5) is 14.5. The van der Waals surface area contributed by atoms with Crippen molar-refractivity contribution in [1.82, 2.24) is 5.32 Å². The van der Waals surface area contributed by atoms with Gasteiger partial charge in [-0.2, -0.15) is 0 Å². The Hall–Kier alpha value is -0.870. The third kappa shape index (κ3) is 3.00. The summed E-state index contributed by atoms with van der Waals surface area (Å²) in [5, 5.41) is 12.5. The van der Waals surface area contributed by atoms with Gasteiger partial charge < -0.3 is 10.4 Å². The Bertz CT molecular complexity index is 417. The van der Waals surface area contributed by atoms with Crippen LogP contribution >= 0.6 is 11.3 Å². The standard InChI is InChI=1S/C15H23NO2S/c1-3-15(4-2,10-17)16-14(18)13-9-11-7-5-6-8-12(11)19-13/h9,17H,3-8,10H2,1-2H3,(H,16,18). The van der Waals surface area contributed by atoms with Crippen molar-refractivity contribution in [2.24, 2.45) is 0 Å². The van der Waals surface area contributed by atoms with Crippen LogP contribution < -0.4 is 5.32 Å². The van der Waals surface area contributed by atoms with Crippen LogP contribution in [0.25, 0.3) is 0 Å². The minimum atomic E-state index is -0.471. The lowest BCUT2D eigenvalue weighted by atomic mass is 9.93. The van der Waals surface area contributed by atoms with E-state index in [4.69, 9.17) is 0 Å². The second kappa shape index (κ2) is 6.06. The quantitative estimate of drug-likeness (QED) is 0.872. The molecule has 1 aliphatic rings. The lowest BCUT2D eigenvalue weighted by molar-refractivity contribution is 0.0822. The highest BCUT2D eigenvalue weighted by Crippen LogP contribution is 2.30. The fourth-order valence-corrected chi connectivity index (χ4v) is 3.74. The number of fused-ring (bicyclic) bond motifs is 1. The Morgan fingerprint density at radius 2 is 2.05 bits per heavy atom. The van der Waals surface area contributed by atoms with Gasteiger partial charge in [0, 0.05) is 4.88 Å². The predicted octanol–water partition coefficient (Wildman–Crippen LogP) is 2.91. The number of nitrogens with one attached hydrogen (secondary N) is 1. The lowest BCUT2D eigenvalue weighted by Crippen LogP contribution is -2.50. The molecular weight excluding hydrogens is 258 g/mol. The highest BCUT2D eigenvalue weighted by Gasteiger charge is 2.28. The summed E-state index contributed by atoms with van der Waals surface area (Å²) in [6.45, 7) is 4.00. The fraction of sp³-hybridized carbons (Fsp3) is 0.667. The van der Waals surface area contributed by atoms with Crippen LogP contribution in [0.4, 0.5) is 0 Å². The largest absolute Gasteiger partial charge is 0.394 e. The molecular formula is C15H23NO2S. The van der Waals surface area contributed by atoms with E-state index in [1.54, 1.807) is 11.3 Å². The second-order valence-electron chi connectivity index (χ2n) is 5.37. The molecule has 0 saturated carbocycles. The molecule has 1 aromatic heterocycles. The maximum atomic E-state index is 12.3. The summed E-state index contributed by atoms with van der Waals surface area (Å²) >= 11 is 1.62. The highest BCUT2D eigenvalue weighted by molar-refractivity contribution is 7.14. The molecule has 3 nitrogen and oxygen atoms in total. The van der Waals surface area contributed by atoms with Crippen molar-refractivity contribution in [2.45, 2.75) is 57.9 Å². The molecule has 0 unspecified atom stereocenters. The van der Waals surface area contributed by atoms with Gasteiger partial charge in [-0.15, -0.1) is 11.3 Å². The minimum Gasteiger partial charge on any atom is -0.394 e. The Kier molecular flexibility index (Phi) is 4.63. The van der Waals surface area contributed by atoms with Crippen LogP contribution in [0.1, 0.15) is 59.6 Å². The van der Waals surface area contributed by atoms with Gasteiger partial charge in [0.25, 0.3) is 5.91 Å². The van der Waals surface area contributed by atoms with Crippen molar-refractivity contribution in [3.8, 4) is 0 Å². The second-order valence-corrected chi connectivity index (χ2v) is 6.50. The van der Waals surface area contributed by atoms with Crippen molar-refractivity contribution in [3.63, 3.8) is 0 Å². The molecule has 0 fully saturated rings. The molecule has 1 heterocycles. The number of aliphatic hydroxyl groups is 1. The average Bonchev–Trinajstić information content (AvgIpc) is 2.89. The van der Waals surface area contributed by atoms with Crippen molar-refractivity contribution in [3.05, 3.63) is 21.4 Å². The maximum Gasteiger partial charge on any atom is 0.261 e. The zero-order chi connectivity index (χ0) is 13.9. The summed E-state index contributed by atoms with van der Waals surface area (Å²) in [6, 6.07) is 2.04. The summed E-state index contributed by atoms with van der Waals surface area (Å²) in [6.07, 6.45) is 6.17. The molecule has 19 heavy (non-hydrogen) atoms. The molecule has 1 amide bonds. The van der Waals surface area contributed by atoms with Gasteiger partial charge in [-0.25, -0.2) is 0 Å². The fourth-order valence-electron chi connectivity index (χ4n) is 2.59. The van der Waals surface area contributed by atoms with E-state index in [2.05, 4.69) is 5.32 Å². The van der Waals surface area contributed by atoms with E-state index in [0.717, 1.165) is 30.6 Å². The summed E-state index contributed by atoms with van der Waals surface area (Å²) < 4.78 is 0. The van der Waals surface area contributed by atoms with Gasteiger partial charge in [-0.3, -0.25) is 4.79 Å². The molecule has 0 aromatic carbocycles. The molecule has 1 aliphatic carbocycles. The molecule has 0 saturated heterocycles. The highest BCUT2D eigenvalue weighted by atomic mass is 32.1. The summed E-state index contributed by atoms with van der Waals surface area (Å²) in [7, 11) is 0. The number of amides is 1.